The molecule has 0 saturated carbocycles. The fourth-order valence-corrected chi connectivity index (χ4v) is 1.51. The van der Waals surface area contributed by atoms with Crippen LogP contribution in [0.5, 0.6) is 0 Å². The summed E-state index contributed by atoms with van der Waals surface area (Å²) in [6, 6.07) is 7.04. The van der Waals surface area contributed by atoms with Crippen LogP contribution in [-0.4, -0.2) is 4.98 Å². The number of hydrogen-bond donors (Lipinski definition) is 1. The molecule has 1 heterocycles. The van der Waals surface area contributed by atoms with Crippen molar-refractivity contribution in [2.24, 2.45) is 0 Å². The van der Waals surface area contributed by atoms with Gasteiger partial charge < -0.3 is 5.32 Å². The van der Waals surface area contributed by atoms with Crippen LogP contribution in [-0.2, 0) is 0 Å². The minimum absolute atomic E-state index is 0.0637. The first kappa shape index (κ1) is 11.0. The minimum Gasteiger partial charge on any atom is -0.338 e. The lowest BCUT2D eigenvalue weighted by atomic mass is 10.3. The SMILES string of the molecule is Fc1cccc(Nc2ncc(Br)cc2F)c1. The van der Waals surface area contributed by atoms with E-state index >= 15 is 0 Å². The van der Waals surface area contributed by atoms with Gasteiger partial charge in [0.15, 0.2) is 11.6 Å². The largest absolute Gasteiger partial charge is 0.338 e. The molecule has 82 valence electrons. The molecule has 0 fully saturated rings. The number of halogens is 3. The number of hydrogen-bond acceptors (Lipinski definition) is 2. The Bertz CT molecular complexity index is 517. The number of pyridine rings is 1. The molecule has 2 aromatic rings. The van der Waals surface area contributed by atoms with Crippen molar-refractivity contribution < 1.29 is 8.78 Å². The predicted molar refractivity (Wildman–Crippen MR) is 61.6 cm³/mol. The van der Waals surface area contributed by atoms with Crippen LogP contribution in [0.4, 0.5) is 20.3 Å². The van der Waals surface area contributed by atoms with E-state index < -0.39 is 5.82 Å². The second-order valence-electron chi connectivity index (χ2n) is 3.12. The number of aromatic nitrogens is 1. The standard InChI is InChI=1S/C11H7BrF2N2/c12-7-4-10(14)11(15-6-7)16-9-3-1-2-8(13)5-9/h1-6H,(H,15,16). The van der Waals surface area contributed by atoms with Crippen LogP contribution in [0.2, 0.25) is 0 Å². The quantitative estimate of drug-likeness (QED) is 0.906. The van der Waals surface area contributed by atoms with Crippen LogP contribution in [0.15, 0.2) is 41.0 Å². The average Bonchev–Trinajstić information content (AvgIpc) is 2.22. The van der Waals surface area contributed by atoms with E-state index in [0.717, 1.165) is 0 Å². The zero-order valence-electron chi connectivity index (χ0n) is 8.05. The number of benzene rings is 1. The van der Waals surface area contributed by atoms with Gasteiger partial charge in [0, 0.05) is 16.4 Å². The number of nitrogens with zero attached hydrogens (tertiary/aromatic N) is 1. The van der Waals surface area contributed by atoms with Gasteiger partial charge in [-0.3, -0.25) is 0 Å². The van der Waals surface area contributed by atoms with Crippen molar-refractivity contribution in [1.82, 2.24) is 4.98 Å². The van der Waals surface area contributed by atoms with E-state index in [1.807, 2.05) is 0 Å². The fourth-order valence-electron chi connectivity index (χ4n) is 1.21. The van der Waals surface area contributed by atoms with Gasteiger partial charge in [-0.1, -0.05) is 6.07 Å². The Hall–Kier alpha value is -1.49. The lowest BCUT2D eigenvalue weighted by molar-refractivity contribution is 0.623. The summed E-state index contributed by atoms with van der Waals surface area (Å²) in [5, 5.41) is 2.69. The van der Waals surface area contributed by atoms with Crippen molar-refractivity contribution in [3.05, 3.63) is 52.6 Å². The maximum absolute atomic E-state index is 13.4. The van der Waals surface area contributed by atoms with E-state index in [4.69, 9.17) is 0 Å². The average molecular weight is 285 g/mol. The molecule has 1 aromatic carbocycles. The molecule has 0 aliphatic rings. The summed E-state index contributed by atoms with van der Waals surface area (Å²) >= 11 is 3.10. The highest BCUT2D eigenvalue weighted by Gasteiger charge is 2.04. The van der Waals surface area contributed by atoms with E-state index in [9.17, 15) is 8.78 Å². The third kappa shape index (κ3) is 2.55. The lowest BCUT2D eigenvalue weighted by Gasteiger charge is -2.06. The van der Waals surface area contributed by atoms with Gasteiger partial charge in [-0.25, -0.2) is 13.8 Å². The molecule has 0 spiro atoms. The molecule has 1 N–H and O–H groups in total. The molecule has 0 amide bonds. The van der Waals surface area contributed by atoms with Crippen molar-refractivity contribution in [2.45, 2.75) is 0 Å². The summed E-state index contributed by atoms with van der Waals surface area (Å²) in [5.74, 6) is -0.824. The molecule has 16 heavy (non-hydrogen) atoms. The molecular weight excluding hydrogens is 278 g/mol. The van der Waals surface area contributed by atoms with Gasteiger partial charge in [0.05, 0.1) is 0 Å². The van der Waals surface area contributed by atoms with Crippen LogP contribution in [0.1, 0.15) is 0 Å². The molecule has 0 saturated heterocycles. The highest BCUT2D eigenvalue weighted by molar-refractivity contribution is 9.10. The van der Waals surface area contributed by atoms with Crippen LogP contribution in [0.25, 0.3) is 0 Å². The predicted octanol–water partition coefficient (Wildman–Crippen LogP) is 3.87. The van der Waals surface area contributed by atoms with E-state index in [-0.39, 0.29) is 11.6 Å². The van der Waals surface area contributed by atoms with Crippen LogP contribution < -0.4 is 5.32 Å². The monoisotopic (exact) mass is 284 g/mol. The number of anilines is 2. The molecule has 0 aliphatic heterocycles. The molecule has 0 unspecified atom stereocenters. The van der Waals surface area contributed by atoms with Gasteiger partial charge in [-0.05, 0) is 40.2 Å². The molecule has 0 atom stereocenters. The highest BCUT2D eigenvalue weighted by atomic mass is 79.9. The van der Waals surface area contributed by atoms with Gasteiger partial charge in [0.25, 0.3) is 0 Å². The molecule has 0 radical (unpaired) electrons. The maximum Gasteiger partial charge on any atom is 0.166 e. The molecule has 0 aliphatic carbocycles. The first-order chi connectivity index (χ1) is 7.65. The topological polar surface area (TPSA) is 24.9 Å². The lowest BCUT2D eigenvalue weighted by Crippen LogP contribution is -1.97. The molecule has 5 heteroatoms. The molecular formula is C11H7BrF2N2. The third-order valence-corrected chi connectivity index (χ3v) is 2.33. The zero-order valence-corrected chi connectivity index (χ0v) is 9.63. The second kappa shape index (κ2) is 4.57. The Morgan fingerprint density at radius 1 is 1.19 bits per heavy atom. The summed E-state index contributed by atoms with van der Waals surface area (Å²) < 4.78 is 26.8. The van der Waals surface area contributed by atoms with Crippen LogP contribution in [0, 0.1) is 11.6 Å². The highest BCUT2D eigenvalue weighted by Crippen LogP contribution is 2.20. The molecule has 2 nitrogen and oxygen atoms in total. The van der Waals surface area contributed by atoms with Crippen LogP contribution in [0.3, 0.4) is 0 Å². The zero-order chi connectivity index (χ0) is 11.5. The first-order valence-corrected chi connectivity index (χ1v) is 5.28. The maximum atomic E-state index is 13.4. The van der Waals surface area contributed by atoms with Gasteiger partial charge in [0.2, 0.25) is 0 Å². The summed E-state index contributed by atoms with van der Waals surface area (Å²) in [6.45, 7) is 0. The third-order valence-electron chi connectivity index (χ3n) is 1.90. The van der Waals surface area contributed by atoms with Gasteiger partial charge >= 0.3 is 0 Å². The Balaban J connectivity index is 2.27. The Labute approximate surface area is 99.5 Å². The molecule has 0 bridgehead atoms. The van der Waals surface area contributed by atoms with Crippen molar-refractivity contribution in [3.8, 4) is 0 Å². The van der Waals surface area contributed by atoms with Crippen molar-refractivity contribution in [1.29, 1.82) is 0 Å². The summed E-state index contributed by atoms with van der Waals surface area (Å²) in [6.07, 6.45) is 1.46. The van der Waals surface area contributed by atoms with E-state index in [1.165, 1.54) is 30.5 Å². The van der Waals surface area contributed by atoms with E-state index in [0.29, 0.717) is 10.2 Å². The smallest absolute Gasteiger partial charge is 0.166 e. The Morgan fingerprint density at radius 2 is 2.00 bits per heavy atom. The summed E-state index contributed by atoms with van der Waals surface area (Å²) in [7, 11) is 0. The second-order valence-corrected chi connectivity index (χ2v) is 4.03. The van der Waals surface area contributed by atoms with Crippen LogP contribution >= 0.6 is 15.9 Å². The van der Waals surface area contributed by atoms with Gasteiger partial charge in [-0.2, -0.15) is 0 Å². The fraction of sp³-hybridized carbons (Fsp3) is 0. The van der Waals surface area contributed by atoms with Crippen molar-refractivity contribution in [2.75, 3.05) is 5.32 Å². The molecule has 1 aromatic heterocycles. The van der Waals surface area contributed by atoms with Crippen molar-refractivity contribution >= 4 is 27.4 Å². The van der Waals surface area contributed by atoms with E-state index in [2.05, 4.69) is 26.2 Å². The Kier molecular flexibility index (Phi) is 3.14. The number of nitrogens with one attached hydrogen (secondary N) is 1. The summed E-state index contributed by atoms with van der Waals surface area (Å²) in [4.78, 5) is 3.85. The number of rotatable bonds is 2. The van der Waals surface area contributed by atoms with Gasteiger partial charge in [0.1, 0.15) is 5.82 Å². The van der Waals surface area contributed by atoms with E-state index in [1.54, 1.807) is 6.07 Å². The molecule has 2 rings (SSSR count). The normalized spacial score (nSPS) is 10.2. The minimum atomic E-state index is -0.501. The van der Waals surface area contributed by atoms with Gasteiger partial charge in [-0.15, -0.1) is 0 Å². The van der Waals surface area contributed by atoms with Crippen molar-refractivity contribution in [3.63, 3.8) is 0 Å². The summed E-state index contributed by atoms with van der Waals surface area (Å²) in [5.41, 5.74) is 0.453. The Morgan fingerprint density at radius 3 is 2.69 bits per heavy atom. The first-order valence-electron chi connectivity index (χ1n) is 4.49.